The van der Waals surface area contributed by atoms with E-state index in [-0.39, 0.29) is 49.6 Å². The van der Waals surface area contributed by atoms with Crippen LogP contribution in [0.2, 0.25) is 0 Å². The van der Waals surface area contributed by atoms with Gasteiger partial charge in [0.15, 0.2) is 0 Å². The number of halogens is 3. The molecule has 0 unspecified atom stereocenters. The Labute approximate surface area is 213 Å². The number of alkyl halides is 3. The molecular formula is C26H33F3N4O4. The lowest BCUT2D eigenvalue weighted by molar-refractivity contribution is -0.137. The summed E-state index contributed by atoms with van der Waals surface area (Å²) in [5, 5.41) is 9.26. The van der Waals surface area contributed by atoms with Crippen LogP contribution in [0, 0.1) is 5.92 Å². The fourth-order valence-corrected chi connectivity index (χ4v) is 6.02. The molecule has 0 radical (unpaired) electrons. The summed E-state index contributed by atoms with van der Waals surface area (Å²) in [6.07, 6.45) is -1.32. The number of fused-ring (bicyclic) bond motifs is 1. The average molecular weight is 523 g/mol. The quantitative estimate of drug-likeness (QED) is 0.454. The van der Waals surface area contributed by atoms with E-state index in [4.69, 9.17) is 4.74 Å². The van der Waals surface area contributed by atoms with E-state index in [1.165, 1.54) is 4.90 Å². The van der Waals surface area contributed by atoms with E-state index in [1.807, 2.05) is 0 Å². The minimum Gasteiger partial charge on any atom is -0.382 e. The van der Waals surface area contributed by atoms with Crippen molar-refractivity contribution in [3.05, 3.63) is 29.3 Å². The van der Waals surface area contributed by atoms with Crippen LogP contribution in [0.25, 0.3) is 0 Å². The molecule has 11 heteroatoms. The minimum atomic E-state index is -4.25. The van der Waals surface area contributed by atoms with Gasteiger partial charge in [0.25, 0.3) is 5.91 Å². The van der Waals surface area contributed by atoms with Crippen molar-refractivity contribution in [1.29, 1.82) is 0 Å². The number of hydrogen-bond donors (Lipinski definition) is 3. The van der Waals surface area contributed by atoms with Crippen molar-refractivity contribution in [1.82, 2.24) is 15.5 Å². The molecule has 0 spiro atoms. The number of piperidine rings is 1. The van der Waals surface area contributed by atoms with E-state index < -0.39 is 24.5 Å². The second kappa shape index (κ2) is 10.6. The number of hydrogen-bond acceptors (Lipinski definition) is 6. The third kappa shape index (κ3) is 5.93. The van der Waals surface area contributed by atoms with E-state index in [2.05, 4.69) is 16.0 Å². The van der Waals surface area contributed by atoms with Gasteiger partial charge in [0.1, 0.15) is 6.04 Å². The van der Waals surface area contributed by atoms with Gasteiger partial charge in [-0.15, -0.1) is 0 Å². The highest BCUT2D eigenvalue weighted by Gasteiger charge is 2.40. The van der Waals surface area contributed by atoms with Gasteiger partial charge in [-0.3, -0.25) is 19.7 Å². The number of rotatable bonds is 8. The monoisotopic (exact) mass is 522 g/mol. The zero-order chi connectivity index (χ0) is 26.2. The molecule has 5 rings (SSSR count). The summed E-state index contributed by atoms with van der Waals surface area (Å²) in [6, 6.07) is 4.79. The van der Waals surface area contributed by atoms with Crippen LogP contribution >= 0.6 is 0 Å². The molecule has 202 valence electrons. The third-order valence-corrected chi connectivity index (χ3v) is 8.11. The van der Waals surface area contributed by atoms with Gasteiger partial charge in [0.05, 0.1) is 19.3 Å². The number of carbonyl (C=O) groups is 3. The molecule has 0 bridgehead atoms. The highest BCUT2D eigenvalue weighted by atomic mass is 19.4. The molecule has 8 nitrogen and oxygen atoms in total. The number of amides is 3. The molecule has 0 aromatic heterocycles. The van der Waals surface area contributed by atoms with Gasteiger partial charge in [0.2, 0.25) is 11.8 Å². The molecule has 2 atom stereocenters. The first kappa shape index (κ1) is 26.0. The number of anilines is 1. The number of carbonyl (C=O) groups excluding carboxylic acids is 3. The van der Waals surface area contributed by atoms with Crippen LogP contribution in [0.1, 0.15) is 67.3 Å². The zero-order valence-electron chi connectivity index (χ0n) is 20.6. The van der Waals surface area contributed by atoms with Crippen molar-refractivity contribution in [2.75, 3.05) is 18.5 Å². The van der Waals surface area contributed by atoms with Gasteiger partial charge < -0.3 is 20.3 Å². The first-order valence-corrected chi connectivity index (χ1v) is 13.1. The van der Waals surface area contributed by atoms with Crippen molar-refractivity contribution >= 4 is 23.4 Å². The topological polar surface area (TPSA) is 99.8 Å². The van der Waals surface area contributed by atoms with Gasteiger partial charge in [-0.1, -0.05) is 6.07 Å². The minimum absolute atomic E-state index is 0.0444. The van der Waals surface area contributed by atoms with Crippen molar-refractivity contribution in [2.45, 2.75) is 88.3 Å². The van der Waals surface area contributed by atoms with Gasteiger partial charge >= 0.3 is 6.18 Å². The van der Waals surface area contributed by atoms with Crippen LogP contribution < -0.4 is 16.0 Å². The molecule has 3 heterocycles. The first-order valence-electron chi connectivity index (χ1n) is 13.1. The predicted molar refractivity (Wildman–Crippen MR) is 129 cm³/mol. The molecule has 3 aliphatic heterocycles. The number of ether oxygens (including phenoxy) is 1. The van der Waals surface area contributed by atoms with Gasteiger partial charge in [-0.25, -0.2) is 0 Å². The predicted octanol–water partition coefficient (Wildman–Crippen LogP) is 3.12. The van der Waals surface area contributed by atoms with Crippen molar-refractivity contribution in [3.8, 4) is 0 Å². The summed E-state index contributed by atoms with van der Waals surface area (Å²) in [7, 11) is 0. The van der Waals surface area contributed by atoms with Gasteiger partial charge in [0, 0.05) is 48.3 Å². The Morgan fingerprint density at radius 1 is 1.05 bits per heavy atom. The summed E-state index contributed by atoms with van der Waals surface area (Å²) in [5.41, 5.74) is 1.77. The molecule has 3 N–H and O–H groups in total. The lowest BCUT2D eigenvalue weighted by Crippen LogP contribution is -2.52. The molecule has 3 fully saturated rings. The van der Waals surface area contributed by atoms with Crippen LogP contribution in [0.3, 0.4) is 0 Å². The van der Waals surface area contributed by atoms with Crippen LogP contribution in [-0.2, 0) is 20.9 Å². The molecule has 1 aromatic carbocycles. The second-order valence-electron chi connectivity index (χ2n) is 10.6. The second-order valence-corrected chi connectivity index (χ2v) is 10.6. The number of benzene rings is 1. The SMILES string of the molecule is O=C1CC[C@@H](N2Cc3c(N[C@H](CCC(F)(F)F)C4CCC(NC5COC5)CC4)cccc3C2=O)C(=O)N1. The molecule has 2 saturated heterocycles. The largest absolute Gasteiger partial charge is 0.389 e. The molecule has 1 aliphatic carbocycles. The van der Waals surface area contributed by atoms with Gasteiger partial charge in [-0.05, 0) is 56.6 Å². The summed E-state index contributed by atoms with van der Waals surface area (Å²) < 4.78 is 44.8. The molecule has 1 aromatic rings. The van der Waals surface area contributed by atoms with E-state index in [9.17, 15) is 27.6 Å². The summed E-state index contributed by atoms with van der Waals surface area (Å²) >= 11 is 0. The van der Waals surface area contributed by atoms with Crippen LogP contribution in [-0.4, -0.2) is 66.2 Å². The lowest BCUT2D eigenvalue weighted by Gasteiger charge is -2.38. The third-order valence-electron chi connectivity index (χ3n) is 8.11. The zero-order valence-corrected chi connectivity index (χ0v) is 20.6. The van der Waals surface area contributed by atoms with Crippen LogP contribution in [0.5, 0.6) is 0 Å². The smallest absolute Gasteiger partial charge is 0.382 e. The number of imide groups is 1. The lowest BCUT2D eigenvalue weighted by atomic mass is 9.79. The summed E-state index contributed by atoms with van der Waals surface area (Å²) in [6.45, 7) is 1.60. The molecule has 1 saturated carbocycles. The van der Waals surface area contributed by atoms with Crippen LogP contribution in [0.15, 0.2) is 18.2 Å². The van der Waals surface area contributed by atoms with Crippen molar-refractivity contribution in [3.63, 3.8) is 0 Å². The Kier molecular flexibility index (Phi) is 7.44. The normalized spacial score (nSPS) is 27.5. The number of nitrogens with zero attached hydrogens (tertiary/aromatic N) is 1. The maximum Gasteiger partial charge on any atom is 0.389 e. The standard InChI is InChI=1S/C26H33F3N4O4/c27-26(28,29)11-10-20(15-4-6-16(7-5-15)30-17-13-37-14-17)31-21-3-1-2-18-19(21)12-33(25(18)36)22-8-9-23(34)32-24(22)35/h1-3,15-17,20,22,30-31H,4-14H2,(H,32,34,35)/t15?,16?,20-,22-/m1/s1. The first-order chi connectivity index (χ1) is 17.7. The fraction of sp³-hybridized carbons (Fsp3) is 0.654. The Hall–Kier alpha value is -2.66. The van der Waals surface area contributed by atoms with E-state index in [1.54, 1.807) is 18.2 Å². The van der Waals surface area contributed by atoms with Crippen molar-refractivity contribution < 1.29 is 32.3 Å². The Morgan fingerprint density at radius 2 is 1.81 bits per heavy atom. The van der Waals surface area contributed by atoms with Gasteiger partial charge in [-0.2, -0.15) is 13.2 Å². The number of nitrogens with one attached hydrogen (secondary N) is 3. The molecule has 4 aliphatic rings. The summed E-state index contributed by atoms with van der Waals surface area (Å²) in [5.74, 6) is -1.07. The Bertz CT molecular complexity index is 1040. The fourth-order valence-electron chi connectivity index (χ4n) is 6.02. The summed E-state index contributed by atoms with van der Waals surface area (Å²) in [4.78, 5) is 38.5. The van der Waals surface area contributed by atoms with E-state index in [0.717, 1.165) is 25.7 Å². The van der Waals surface area contributed by atoms with E-state index in [0.29, 0.717) is 42.1 Å². The maximum absolute atomic E-state index is 13.2. The molecule has 3 amide bonds. The molecule has 37 heavy (non-hydrogen) atoms. The Morgan fingerprint density at radius 3 is 2.46 bits per heavy atom. The Balaban J connectivity index is 1.29. The molecular weight excluding hydrogens is 489 g/mol. The highest BCUT2D eigenvalue weighted by molar-refractivity contribution is 6.06. The highest BCUT2D eigenvalue weighted by Crippen LogP contribution is 2.37. The van der Waals surface area contributed by atoms with Crippen molar-refractivity contribution in [2.24, 2.45) is 5.92 Å². The average Bonchev–Trinajstić information content (AvgIpc) is 3.16. The van der Waals surface area contributed by atoms with E-state index >= 15 is 0 Å². The van der Waals surface area contributed by atoms with Crippen LogP contribution in [0.4, 0.5) is 18.9 Å². The maximum atomic E-state index is 13.2.